The molecule has 1 spiro atoms. The van der Waals surface area contributed by atoms with Crippen LogP contribution < -0.4 is 9.64 Å². The number of hydrogen-bond acceptors (Lipinski definition) is 3. The normalized spacial score (nSPS) is 27.6. The molecule has 6 aliphatic rings. The van der Waals surface area contributed by atoms with E-state index in [1.165, 1.54) is 67.2 Å². The zero-order chi connectivity index (χ0) is 34.3. The standard InChI is InChI=1S/C48H47NO2/c1-46(2)20-21-47(3,4)40-27-33(16-18-37(40)46)49(41-13-9-11-36-35-10-5-7-14-42(35)51-45(36)41)34-17-19-39-44(28-34)50-43-15-8-6-12-38(43)48(39)31-23-29-22-30(25-31)26-32(48)24-29/h5-19,27-32H,20-26H2,1-4H3. The molecule has 0 unspecified atom stereocenters. The smallest absolute Gasteiger partial charge is 0.159 e. The second-order valence-corrected chi connectivity index (χ2v) is 18.0. The van der Waals surface area contributed by atoms with Gasteiger partial charge in [-0.1, -0.05) is 88.4 Å². The molecule has 0 atom stereocenters. The summed E-state index contributed by atoms with van der Waals surface area (Å²) < 4.78 is 13.7. The molecular formula is C48H47NO2. The molecular weight excluding hydrogens is 623 g/mol. The summed E-state index contributed by atoms with van der Waals surface area (Å²) in [4.78, 5) is 2.44. The molecule has 12 rings (SSSR count). The van der Waals surface area contributed by atoms with Crippen LogP contribution in [0.3, 0.4) is 0 Å². The Bertz CT molecular complexity index is 2360. The predicted octanol–water partition coefficient (Wildman–Crippen LogP) is 13.3. The van der Waals surface area contributed by atoms with Crippen molar-refractivity contribution in [3.63, 3.8) is 0 Å². The van der Waals surface area contributed by atoms with Gasteiger partial charge in [-0.3, -0.25) is 0 Å². The number of nitrogens with zero attached hydrogens (tertiary/aromatic N) is 1. The highest BCUT2D eigenvalue weighted by molar-refractivity contribution is 6.10. The Morgan fingerprint density at radius 3 is 1.96 bits per heavy atom. The summed E-state index contributed by atoms with van der Waals surface area (Å²) in [6.07, 6.45) is 9.23. The number of fused-ring (bicyclic) bond motifs is 6. The van der Waals surface area contributed by atoms with E-state index in [-0.39, 0.29) is 16.2 Å². The van der Waals surface area contributed by atoms with Gasteiger partial charge < -0.3 is 14.1 Å². The second kappa shape index (κ2) is 10.3. The topological polar surface area (TPSA) is 25.6 Å². The van der Waals surface area contributed by atoms with Gasteiger partial charge in [-0.25, -0.2) is 0 Å². The van der Waals surface area contributed by atoms with Crippen LogP contribution in [0.2, 0.25) is 0 Å². The lowest BCUT2D eigenvalue weighted by atomic mass is 9.42. The van der Waals surface area contributed by atoms with Gasteiger partial charge >= 0.3 is 0 Å². The van der Waals surface area contributed by atoms with Crippen molar-refractivity contribution in [2.45, 2.75) is 88.9 Å². The molecule has 0 N–H and O–H groups in total. The van der Waals surface area contributed by atoms with E-state index >= 15 is 0 Å². The van der Waals surface area contributed by atoms with Crippen molar-refractivity contribution >= 4 is 39.0 Å². The van der Waals surface area contributed by atoms with Crippen LogP contribution in [0.1, 0.15) is 94.9 Å². The number of rotatable bonds is 3. The van der Waals surface area contributed by atoms with Gasteiger partial charge in [-0.05, 0) is 127 Å². The van der Waals surface area contributed by atoms with E-state index in [0.29, 0.717) is 11.8 Å². The van der Waals surface area contributed by atoms with Crippen LogP contribution in [0.4, 0.5) is 17.1 Å². The molecule has 6 aromatic rings. The van der Waals surface area contributed by atoms with Crippen LogP contribution in [0.25, 0.3) is 21.9 Å². The average Bonchev–Trinajstić information content (AvgIpc) is 3.51. The Morgan fingerprint density at radius 2 is 1.18 bits per heavy atom. The third-order valence-corrected chi connectivity index (χ3v) is 14.4. The largest absolute Gasteiger partial charge is 0.457 e. The molecule has 0 saturated heterocycles. The molecule has 3 nitrogen and oxygen atoms in total. The number of anilines is 3. The van der Waals surface area contributed by atoms with Crippen LogP contribution in [0.5, 0.6) is 11.5 Å². The van der Waals surface area contributed by atoms with Gasteiger partial charge in [0.15, 0.2) is 5.58 Å². The van der Waals surface area contributed by atoms with Crippen LogP contribution in [-0.2, 0) is 16.2 Å². The first-order valence-electron chi connectivity index (χ1n) is 19.5. The number of furan rings is 1. The van der Waals surface area contributed by atoms with E-state index in [0.717, 1.165) is 62.3 Å². The monoisotopic (exact) mass is 669 g/mol. The van der Waals surface area contributed by atoms with Crippen LogP contribution in [0.15, 0.2) is 108 Å². The SMILES string of the molecule is CC1(C)CCC(C)(C)c2cc(N(c3ccc4c(c3)Oc3ccccc3C43C4CC5CC(C4)CC3C5)c3cccc4c3oc3ccccc34)ccc21. The van der Waals surface area contributed by atoms with E-state index in [4.69, 9.17) is 9.15 Å². The fourth-order valence-corrected chi connectivity index (χ4v) is 12.1. The average molecular weight is 670 g/mol. The fourth-order valence-electron chi connectivity index (χ4n) is 12.1. The third-order valence-electron chi connectivity index (χ3n) is 14.4. The predicted molar refractivity (Wildman–Crippen MR) is 208 cm³/mol. The number of ether oxygens (including phenoxy) is 1. The third kappa shape index (κ3) is 4.12. The molecule has 5 aliphatic carbocycles. The highest BCUT2D eigenvalue weighted by Crippen LogP contribution is 2.69. The molecule has 256 valence electrons. The molecule has 2 heterocycles. The first-order chi connectivity index (χ1) is 24.7. The van der Waals surface area contributed by atoms with E-state index < -0.39 is 0 Å². The Balaban J connectivity index is 1.14. The zero-order valence-electron chi connectivity index (χ0n) is 30.3. The van der Waals surface area contributed by atoms with Crippen molar-refractivity contribution in [1.82, 2.24) is 0 Å². The van der Waals surface area contributed by atoms with Crippen molar-refractivity contribution < 1.29 is 9.15 Å². The summed E-state index contributed by atoms with van der Waals surface area (Å²) in [6.45, 7) is 9.66. The van der Waals surface area contributed by atoms with Gasteiger partial charge in [0.05, 0.1) is 5.69 Å². The molecule has 4 saturated carbocycles. The second-order valence-electron chi connectivity index (χ2n) is 18.0. The lowest BCUT2D eigenvalue weighted by Gasteiger charge is -2.63. The number of hydrogen-bond donors (Lipinski definition) is 0. The van der Waals surface area contributed by atoms with Gasteiger partial charge in [-0.2, -0.15) is 0 Å². The van der Waals surface area contributed by atoms with E-state index in [1.54, 1.807) is 0 Å². The minimum atomic E-state index is 0.0289. The van der Waals surface area contributed by atoms with Crippen molar-refractivity contribution in [3.05, 3.63) is 125 Å². The van der Waals surface area contributed by atoms with Gasteiger partial charge in [0.2, 0.25) is 0 Å². The summed E-state index contributed by atoms with van der Waals surface area (Å²) >= 11 is 0. The summed E-state index contributed by atoms with van der Waals surface area (Å²) in [5.41, 5.74) is 11.2. The van der Waals surface area contributed by atoms with Crippen LogP contribution in [-0.4, -0.2) is 0 Å². The van der Waals surface area contributed by atoms with Gasteiger partial charge in [-0.15, -0.1) is 0 Å². The maximum absolute atomic E-state index is 7.01. The summed E-state index contributed by atoms with van der Waals surface area (Å²) in [5.74, 6) is 5.23. The highest BCUT2D eigenvalue weighted by Gasteiger charge is 2.61. The molecule has 3 heteroatoms. The minimum absolute atomic E-state index is 0.0289. The first kappa shape index (κ1) is 30.2. The lowest BCUT2D eigenvalue weighted by molar-refractivity contribution is -0.0452. The van der Waals surface area contributed by atoms with Crippen molar-refractivity contribution in [2.75, 3.05) is 4.90 Å². The Kier molecular flexibility index (Phi) is 6.09. The molecule has 5 aromatic carbocycles. The first-order valence-corrected chi connectivity index (χ1v) is 19.5. The number of para-hydroxylation sites is 3. The summed E-state index contributed by atoms with van der Waals surface area (Å²) in [5, 5.41) is 2.29. The van der Waals surface area contributed by atoms with Crippen molar-refractivity contribution in [1.29, 1.82) is 0 Å². The van der Waals surface area contributed by atoms with Crippen molar-refractivity contribution in [3.8, 4) is 11.5 Å². The summed E-state index contributed by atoms with van der Waals surface area (Å²) in [7, 11) is 0. The van der Waals surface area contributed by atoms with Crippen molar-refractivity contribution in [2.24, 2.45) is 23.7 Å². The molecule has 4 fully saturated rings. The number of benzene rings is 5. The fraction of sp³-hybridized carbons (Fsp3) is 0.375. The molecule has 4 bridgehead atoms. The highest BCUT2D eigenvalue weighted by atomic mass is 16.5. The van der Waals surface area contributed by atoms with Crippen LogP contribution >= 0.6 is 0 Å². The Labute approximate surface area is 301 Å². The molecule has 1 aromatic heterocycles. The quantitative estimate of drug-likeness (QED) is 0.188. The van der Waals surface area contributed by atoms with Gasteiger partial charge in [0, 0.05) is 44.8 Å². The van der Waals surface area contributed by atoms with Gasteiger partial charge in [0.1, 0.15) is 17.1 Å². The summed E-state index contributed by atoms with van der Waals surface area (Å²) in [6, 6.07) is 38.5. The minimum Gasteiger partial charge on any atom is -0.457 e. The van der Waals surface area contributed by atoms with Gasteiger partial charge in [0.25, 0.3) is 0 Å². The van der Waals surface area contributed by atoms with E-state index in [9.17, 15) is 0 Å². The Hall–Kier alpha value is -4.50. The van der Waals surface area contributed by atoms with E-state index in [1.807, 2.05) is 0 Å². The lowest BCUT2D eigenvalue weighted by Crippen LogP contribution is -2.56. The maximum Gasteiger partial charge on any atom is 0.159 e. The Morgan fingerprint density at radius 1 is 0.549 bits per heavy atom. The van der Waals surface area contributed by atoms with Crippen LogP contribution in [0, 0.1) is 23.7 Å². The molecule has 0 amide bonds. The zero-order valence-corrected chi connectivity index (χ0v) is 30.3. The molecule has 51 heavy (non-hydrogen) atoms. The van der Waals surface area contributed by atoms with E-state index in [2.05, 4.69) is 136 Å². The maximum atomic E-state index is 7.01. The molecule has 0 radical (unpaired) electrons. The molecule has 1 aliphatic heterocycles.